The number of nitriles is 1. The summed E-state index contributed by atoms with van der Waals surface area (Å²) in [5.74, 6) is -0.298. The van der Waals surface area contributed by atoms with E-state index < -0.39 is 12.1 Å². The van der Waals surface area contributed by atoms with Crippen molar-refractivity contribution in [3.05, 3.63) is 70.9 Å². The second kappa shape index (κ2) is 8.58. The van der Waals surface area contributed by atoms with Crippen molar-refractivity contribution in [2.75, 3.05) is 13.1 Å². The van der Waals surface area contributed by atoms with Gasteiger partial charge < -0.3 is 9.84 Å². The summed E-state index contributed by atoms with van der Waals surface area (Å²) in [5, 5.41) is 19.6. The van der Waals surface area contributed by atoms with Gasteiger partial charge in [-0.05, 0) is 48.9 Å². The molecule has 31 heavy (non-hydrogen) atoms. The molecule has 0 saturated carbocycles. The molecule has 0 spiro atoms. The number of benzene rings is 2. The largest absolute Gasteiger partial charge is 0.478 e. The lowest BCUT2D eigenvalue weighted by molar-refractivity contribution is 0.0696. The second-order valence-corrected chi connectivity index (χ2v) is 7.57. The first-order valence-electron chi connectivity index (χ1n) is 10.2. The van der Waals surface area contributed by atoms with Crippen LogP contribution < -0.4 is 4.74 Å². The maximum atomic E-state index is 12.2. The van der Waals surface area contributed by atoms with Crippen molar-refractivity contribution >= 4 is 28.5 Å². The molecule has 2 heterocycles. The van der Waals surface area contributed by atoms with Gasteiger partial charge in [-0.3, -0.25) is 4.90 Å². The van der Waals surface area contributed by atoms with Crippen molar-refractivity contribution < 1.29 is 14.6 Å². The number of pyridine rings is 1. The molecule has 1 unspecified atom stereocenters. The molecule has 0 bridgehead atoms. The molecule has 1 aromatic heterocycles. The molecule has 1 N–H and O–H groups in total. The topological polar surface area (TPSA) is 86.5 Å². The predicted octanol–water partition coefficient (Wildman–Crippen LogP) is 4.60. The van der Waals surface area contributed by atoms with Crippen LogP contribution in [-0.2, 0) is 6.54 Å². The number of ether oxygens (including phenoxy) is 1. The number of carboxylic acid groups (broad SMARTS) is 1. The average molecular weight is 413 g/mol. The number of aromatic carboxylic acids is 1. The number of para-hydroxylation sites is 1. The highest BCUT2D eigenvalue weighted by Crippen LogP contribution is 2.34. The second-order valence-electron chi connectivity index (χ2n) is 7.57. The quantitative estimate of drug-likeness (QED) is 0.658. The molecule has 1 aliphatic heterocycles. The van der Waals surface area contributed by atoms with Crippen LogP contribution in [0, 0.1) is 11.3 Å². The van der Waals surface area contributed by atoms with Crippen molar-refractivity contribution in [1.82, 2.24) is 9.88 Å². The molecule has 6 nitrogen and oxygen atoms in total. The number of aromatic nitrogens is 1. The van der Waals surface area contributed by atoms with E-state index in [-0.39, 0.29) is 0 Å². The van der Waals surface area contributed by atoms with Gasteiger partial charge in [-0.25, -0.2) is 9.78 Å². The van der Waals surface area contributed by atoms with Crippen molar-refractivity contribution in [3.8, 4) is 11.8 Å². The molecule has 1 aliphatic rings. The summed E-state index contributed by atoms with van der Waals surface area (Å²) in [6.07, 6.45) is 1.53. The summed E-state index contributed by atoms with van der Waals surface area (Å²) in [7, 11) is 0. The lowest BCUT2D eigenvalue weighted by Gasteiger charge is -2.30. The highest BCUT2D eigenvalue weighted by atomic mass is 16.5. The van der Waals surface area contributed by atoms with Crippen LogP contribution in [0.2, 0.25) is 0 Å². The maximum absolute atomic E-state index is 12.2. The van der Waals surface area contributed by atoms with E-state index in [0.717, 1.165) is 28.9 Å². The minimum atomic E-state index is -0.930. The van der Waals surface area contributed by atoms with E-state index in [4.69, 9.17) is 15.0 Å². The fourth-order valence-corrected chi connectivity index (χ4v) is 3.92. The zero-order valence-electron chi connectivity index (χ0n) is 17.5. The third-order valence-electron chi connectivity index (χ3n) is 5.45. The van der Waals surface area contributed by atoms with E-state index >= 15 is 0 Å². The number of fused-ring (bicyclic) bond motifs is 2. The van der Waals surface area contributed by atoms with Crippen LogP contribution in [0.3, 0.4) is 0 Å². The zero-order valence-corrected chi connectivity index (χ0v) is 17.5. The van der Waals surface area contributed by atoms with Crippen LogP contribution in [0.15, 0.2) is 48.5 Å². The predicted molar refractivity (Wildman–Crippen MR) is 120 cm³/mol. The van der Waals surface area contributed by atoms with Gasteiger partial charge in [-0.2, -0.15) is 5.26 Å². The normalized spacial score (nSPS) is 16.0. The first kappa shape index (κ1) is 20.6. The van der Waals surface area contributed by atoms with Gasteiger partial charge >= 0.3 is 5.97 Å². The molecule has 0 aliphatic carbocycles. The zero-order chi connectivity index (χ0) is 22.0. The average Bonchev–Trinajstić information content (AvgIpc) is 2.78. The highest BCUT2D eigenvalue weighted by molar-refractivity contribution is 6.06. The Kier molecular flexibility index (Phi) is 5.70. The maximum Gasteiger partial charge on any atom is 0.336 e. The number of nitrogens with zero attached hydrogens (tertiary/aromatic N) is 3. The van der Waals surface area contributed by atoms with Gasteiger partial charge in [0.05, 0.1) is 16.8 Å². The van der Waals surface area contributed by atoms with Crippen LogP contribution in [0.25, 0.3) is 22.6 Å². The number of carbonyl (C=O) groups is 1. The minimum absolute atomic E-state index is 0.332. The molecule has 0 saturated heterocycles. The number of hydrogen-bond acceptors (Lipinski definition) is 5. The Morgan fingerprint density at radius 1 is 1.26 bits per heavy atom. The van der Waals surface area contributed by atoms with Crippen molar-refractivity contribution in [2.24, 2.45) is 0 Å². The Hall–Kier alpha value is -3.69. The van der Waals surface area contributed by atoms with Crippen LogP contribution >= 0.6 is 0 Å². The van der Waals surface area contributed by atoms with E-state index in [2.05, 4.69) is 11.8 Å². The van der Waals surface area contributed by atoms with Gasteiger partial charge in [0.1, 0.15) is 11.8 Å². The van der Waals surface area contributed by atoms with E-state index in [1.54, 1.807) is 6.92 Å². The van der Waals surface area contributed by atoms with Gasteiger partial charge in [0.2, 0.25) is 0 Å². The van der Waals surface area contributed by atoms with E-state index in [9.17, 15) is 9.90 Å². The standard InChI is InChI=1S/C25H23N3O3/c1-3-28-14-18(12-17-8-10-19(11-9-17)31-16(2)13-26)24-21(15-28)23(25(29)30)20-6-4-5-7-22(20)27-24/h4-12,16H,3,14-15H2,1-2H3,(H,29,30)/b18-12-. The summed E-state index contributed by atoms with van der Waals surface area (Å²) in [4.78, 5) is 19.3. The number of carboxylic acids is 1. The Bertz CT molecular complexity index is 1210. The molecule has 6 heteroatoms. The van der Waals surface area contributed by atoms with Gasteiger partial charge in [0.15, 0.2) is 6.10 Å². The molecule has 0 amide bonds. The molecular weight excluding hydrogens is 390 g/mol. The molecule has 1 atom stereocenters. The van der Waals surface area contributed by atoms with E-state index in [1.165, 1.54) is 0 Å². The van der Waals surface area contributed by atoms with Crippen LogP contribution in [-0.4, -0.2) is 40.2 Å². The fourth-order valence-electron chi connectivity index (χ4n) is 3.92. The lowest BCUT2D eigenvalue weighted by atomic mass is 9.92. The van der Waals surface area contributed by atoms with Gasteiger partial charge in [-0.1, -0.05) is 37.3 Å². The summed E-state index contributed by atoms with van der Waals surface area (Å²) in [6.45, 7) is 5.82. The highest BCUT2D eigenvalue weighted by Gasteiger charge is 2.27. The molecule has 0 fully saturated rings. The van der Waals surface area contributed by atoms with E-state index in [1.807, 2.05) is 60.7 Å². The summed E-state index contributed by atoms with van der Waals surface area (Å²) in [6, 6.07) is 17.0. The Labute approximate surface area is 181 Å². The smallest absolute Gasteiger partial charge is 0.336 e. The molecule has 2 aromatic carbocycles. The SMILES string of the molecule is CCN1C/C(=C/c2ccc(OC(C)C#N)cc2)c2nc3ccccc3c(C(=O)O)c2C1. The molecule has 3 aromatic rings. The van der Waals surface area contributed by atoms with Crippen LogP contribution in [0.4, 0.5) is 0 Å². The first-order chi connectivity index (χ1) is 15.0. The van der Waals surface area contributed by atoms with Crippen molar-refractivity contribution in [3.63, 3.8) is 0 Å². The summed E-state index contributed by atoms with van der Waals surface area (Å²) < 4.78 is 5.52. The number of rotatable bonds is 5. The van der Waals surface area contributed by atoms with Gasteiger partial charge in [0, 0.05) is 24.0 Å². The third-order valence-corrected chi connectivity index (χ3v) is 5.45. The first-order valence-corrected chi connectivity index (χ1v) is 10.2. The summed E-state index contributed by atoms with van der Waals surface area (Å²) >= 11 is 0. The number of hydrogen-bond donors (Lipinski definition) is 1. The van der Waals surface area contributed by atoms with Crippen molar-refractivity contribution in [2.45, 2.75) is 26.5 Å². The lowest BCUT2D eigenvalue weighted by Crippen LogP contribution is -2.31. The van der Waals surface area contributed by atoms with Crippen molar-refractivity contribution in [1.29, 1.82) is 5.26 Å². The Morgan fingerprint density at radius 2 is 2.00 bits per heavy atom. The van der Waals surface area contributed by atoms with Gasteiger partial charge in [0.25, 0.3) is 0 Å². The monoisotopic (exact) mass is 413 g/mol. The number of likely N-dealkylation sites (N-methyl/N-ethyl adjacent to an activating group) is 1. The Balaban J connectivity index is 1.82. The van der Waals surface area contributed by atoms with E-state index in [0.29, 0.717) is 35.3 Å². The van der Waals surface area contributed by atoms with Crippen LogP contribution in [0.1, 0.15) is 41.0 Å². The van der Waals surface area contributed by atoms with Crippen LogP contribution in [0.5, 0.6) is 5.75 Å². The summed E-state index contributed by atoms with van der Waals surface area (Å²) in [5.41, 5.74) is 4.47. The molecule has 4 rings (SSSR count). The fraction of sp³-hybridized carbons (Fsp3) is 0.240. The third kappa shape index (κ3) is 4.14. The minimum Gasteiger partial charge on any atom is -0.478 e. The van der Waals surface area contributed by atoms with Gasteiger partial charge in [-0.15, -0.1) is 0 Å². The molecular formula is C25H23N3O3. The molecule has 0 radical (unpaired) electrons. The Morgan fingerprint density at radius 3 is 2.68 bits per heavy atom. The molecule has 156 valence electrons.